The maximum Gasteiger partial charge on any atom is 0.0642 e. The Bertz CT molecular complexity index is 369. The molecule has 1 aliphatic heterocycles. The maximum absolute atomic E-state index is 5.34. The molecule has 1 aromatic carbocycles. The van der Waals surface area contributed by atoms with Crippen molar-refractivity contribution in [3.8, 4) is 0 Å². The van der Waals surface area contributed by atoms with Gasteiger partial charge in [-0.15, -0.1) is 0 Å². The van der Waals surface area contributed by atoms with Gasteiger partial charge in [-0.25, -0.2) is 5.43 Å². The van der Waals surface area contributed by atoms with Gasteiger partial charge in [-0.2, -0.15) is 0 Å². The van der Waals surface area contributed by atoms with Crippen LogP contribution in [0.2, 0.25) is 0 Å². The summed E-state index contributed by atoms with van der Waals surface area (Å²) in [5.41, 5.74) is 9.06. The SMILES string of the molecule is C=C(NNC)c1ccc(N2CCOCC2)cc1. The highest BCUT2D eigenvalue weighted by molar-refractivity contribution is 5.64. The molecule has 0 radical (unpaired) electrons. The molecule has 0 atom stereocenters. The molecule has 0 amide bonds. The normalized spacial score (nSPS) is 15.7. The number of rotatable bonds is 4. The van der Waals surface area contributed by atoms with Crippen LogP contribution >= 0.6 is 0 Å². The number of anilines is 1. The van der Waals surface area contributed by atoms with Crippen molar-refractivity contribution < 1.29 is 4.74 Å². The molecule has 4 heteroatoms. The summed E-state index contributed by atoms with van der Waals surface area (Å²) in [6, 6.07) is 8.42. The molecular formula is C13H19N3O. The molecule has 0 spiro atoms. The largest absolute Gasteiger partial charge is 0.378 e. The zero-order valence-corrected chi connectivity index (χ0v) is 10.2. The number of hydrazine groups is 1. The standard InChI is InChI=1S/C13H19N3O/c1-11(15-14-2)12-3-5-13(6-4-12)16-7-9-17-10-8-16/h3-6,14-15H,1,7-10H2,2H3. The lowest BCUT2D eigenvalue weighted by atomic mass is 10.1. The molecule has 2 N–H and O–H groups in total. The Balaban J connectivity index is 2.04. The second-order valence-corrected chi connectivity index (χ2v) is 4.00. The molecule has 1 heterocycles. The van der Waals surface area contributed by atoms with Crippen LogP contribution in [0, 0.1) is 0 Å². The monoisotopic (exact) mass is 233 g/mol. The maximum atomic E-state index is 5.34. The van der Waals surface area contributed by atoms with Crippen LogP contribution in [0.1, 0.15) is 5.56 Å². The van der Waals surface area contributed by atoms with E-state index in [1.54, 1.807) is 0 Å². The van der Waals surface area contributed by atoms with E-state index >= 15 is 0 Å². The predicted molar refractivity (Wildman–Crippen MR) is 70.7 cm³/mol. The molecule has 2 rings (SSSR count). The predicted octanol–water partition coefficient (Wildman–Crippen LogP) is 1.22. The van der Waals surface area contributed by atoms with E-state index in [2.05, 4.69) is 46.6 Å². The Morgan fingerprint density at radius 3 is 2.47 bits per heavy atom. The molecule has 1 aliphatic rings. The molecule has 17 heavy (non-hydrogen) atoms. The van der Waals surface area contributed by atoms with E-state index in [4.69, 9.17) is 4.74 Å². The molecule has 0 bridgehead atoms. The summed E-state index contributed by atoms with van der Waals surface area (Å²) in [6.45, 7) is 7.51. The van der Waals surface area contributed by atoms with E-state index in [0.29, 0.717) is 0 Å². The van der Waals surface area contributed by atoms with Gasteiger partial charge in [-0.05, 0) is 17.7 Å². The highest BCUT2D eigenvalue weighted by atomic mass is 16.5. The average molecular weight is 233 g/mol. The Morgan fingerprint density at radius 1 is 1.24 bits per heavy atom. The third kappa shape index (κ3) is 2.99. The van der Waals surface area contributed by atoms with Crippen molar-refractivity contribution in [2.24, 2.45) is 0 Å². The fourth-order valence-electron chi connectivity index (χ4n) is 1.92. The lowest BCUT2D eigenvalue weighted by molar-refractivity contribution is 0.122. The van der Waals surface area contributed by atoms with Gasteiger partial charge in [0.15, 0.2) is 0 Å². The molecule has 1 aromatic rings. The van der Waals surface area contributed by atoms with Gasteiger partial charge >= 0.3 is 0 Å². The topological polar surface area (TPSA) is 36.5 Å². The van der Waals surface area contributed by atoms with Crippen LogP contribution in [0.4, 0.5) is 5.69 Å². The van der Waals surface area contributed by atoms with Crippen LogP contribution in [0.3, 0.4) is 0 Å². The summed E-state index contributed by atoms with van der Waals surface area (Å²) in [5.74, 6) is 0. The summed E-state index contributed by atoms with van der Waals surface area (Å²) in [5, 5.41) is 0. The number of nitrogens with zero attached hydrogens (tertiary/aromatic N) is 1. The molecular weight excluding hydrogens is 214 g/mol. The van der Waals surface area contributed by atoms with E-state index < -0.39 is 0 Å². The first-order valence-electron chi connectivity index (χ1n) is 5.86. The molecule has 0 unspecified atom stereocenters. The van der Waals surface area contributed by atoms with Crippen LogP contribution in [0.25, 0.3) is 5.70 Å². The smallest absolute Gasteiger partial charge is 0.0642 e. The fourth-order valence-corrected chi connectivity index (χ4v) is 1.92. The summed E-state index contributed by atoms with van der Waals surface area (Å²) in [4.78, 5) is 2.33. The molecule has 92 valence electrons. The highest BCUT2D eigenvalue weighted by Crippen LogP contribution is 2.18. The molecule has 0 saturated carbocycles. The van der Waals surface area contributed by atoms with Crippen LogP contribution in [0.15, 0.2) is 30.8 Å². The van der Waals surface area contributed by atoms with Gasteiger partial charge in [0.05, 0.1) is 13.2 Å². The number of nitrogens with one attached hydrogen (secondary N) is 2. The van der Waals surface area contributed by atoms with Gasteiger partial charge in [-0.3, -0.25) is 0 Å². The van der Waals surface area contributed by atoms with Gasteiger partial charge in [0.25, 0.3) is 0 Å². The van der Waals surface area contributed by atoms with Gasteiger partial charge in [0.2, 0.25) is 0 Å². The van der Waals surface area contributed by atoms with Crippen LogP contribution in [0.5, 0.6) is 0 Å². The van der Waals surface area contributed by atoms with Crippen LogP contribution in [-0.4, -0.2) is 33.4 Å². The minimum atomic E-state index is 0.815. The lowest BCUT2D eigenvalue weighted by Gasteiger charge is -2.29. The minimum Gasteiger partial charge on any atom is -0.378 e. The number of hydrogen-bond acceptors (Lipinski definition) is 4. The third-order valence-corrected chi connectivity index (χ3v) is 2.87. The molecule has 1 fully saturated rings. The summed E-state index contributed by atoms with van der Waals surface area (Å²) in [6.07, 6.45) is 0. The van der Waals surface area contributed by atoms with Crippen molar-refractivity contribution in [1.82, 2.24) is 10.9 Å². The van der Waals surface area contributed by atoms with Crippen molar-refractivity contribution in [2.45, 2.75) is 0 Å². The molecule has 4 nitrogen and oxygen atoms in total. The quantitative estimate of drug-likeness (QED) is 0.767. The average Bonchev–Trinajstić information content (AvgIpc) is 2.40. The fraction of sp³-hybridized carbons (Fsp3) is 0.385. The lowest BCUT2D eigenvalue weighted by Crippen LogP contribution is -2.36. The first-order valence-corrected chi connectivity index (χ1v) is 5.86. The Hall–Kier alpha value is -1.52. The third-order valence-electron chi connectivity index (χ3n) is 2.87. The van der Waals surface area contributed by atoms with Gasteiger partial charge in [0, 0.05) is 31.5 Å². The van der Waals surface area contributed by atoms with Crippen LogP contribution < -0.4 is 15.8 Å². The minimum absolute atomic E-state index is 0.815. The Morgan fingerprint density at radius 2 is 1.88 bits per heavy atom. The first-order chi connectivity index (χ1) is 8.31. The van der Waals surface area contributed by atoms with Crippen molar-refractivity contribution in [3.05, 3.63) is 36.4 Å². The van der Waals surface area contributed by atoms with E-state index in [1.807, 2.05) is 7.05 Å². The number of hydrogen-bond donors (Lipinski definition) is 2. The number of ether oxygens (including phenoxy) is 1. The van der Waals surface area contributed by atoms with Crippen molar-refractivity contribution >= 4 is 11.4 Å². The van der Waals surface area contributed by atoms with E-state index in [1.165, 1.54) is 5.69 Å². The van der Waals surface area contributed by atoms with Crippen molar-refractivity contribution in [2.75, 3.05) is 38.3 Å². The van der Waals surface area contributed by atoms with Crippen molar-refractivity contribution in [1.29, 1.82) is 0 Å². The van der Waals surface area contributed by atoms with E-state index in [9.17, 15) is 0 Å². The Kier molecular flexibility index (Phi) is 4.01. The van der Waals surface area contributed by atoms with E-state index in [0.717, 1.165) is 37.6 Å². The molecule has 0 aromatic heterocycles. The zero-order chi connectivity index (χ0) is 12.1. The van der Waals surface area contributed by atoms with Gasteiger partial charge < -0.3 is 15.1 Å². The van der Waals surface area contributed by atoms with Gasteiger partial charge in [-0.1, -0.05) is 18.7 Å². The molecule has 0 aliphatic carbocycles. The summed E-state index contributed by atoms with van der Waals surface area (Å²) < 4.78 is 5.34. The zero-order valence-electron chi connectivity index (χ0n) is 10.2. The van der Waals surface area contributed by atoms with E-state index in [-0.39, 0.29) is 0 Å². The molecule has 1 saturated heterocycles. The first kappa shape index (κ1) is 12.0. The highest BCUT2D eigenvalue weighted by Gasteiger charge is 2.10. The number of benzene rings is 1. The summed E-state index contributed by atoms with van der Waals surface area (Å²) >= 11 is 0. The second kappa shape index (κ2) is 5.70. The summed E-state index contributed by atoms with van der Waals surface area (Å²) in [7, 11) is 1.83. The van der Waals surface area contributed by atoms with Crippen molar-refractivity contribution in [3.63, 3.8) is 0 Å². The Labute approximate surface area is 102 Å². The number of morpholine rings is 1. The van der Waals surface area contributed by atoms with Crippen LogP contribution in [-0.2, 0) is 4.74 Å². The van der Waals surface area contributed by atoms with Gasteiger partial charge in [0.1, 0.15) is 0 Å². The second-order valence-electron chi connectivity index (χ2n) is 4.00.